The Hall–Kier alpha value is -3.08. The summed E-state index contributed by atoms with van der Waals surface area (Å²) in [6.45, 7) is 5.92. The van der Waals surface area contributed by atoms with E-state index >= 15 is 0 Å². The summed E-state index contributed by atoms with van der Waals surface area (Å²) in [4.78, 5) is 4.74. The molecule has 1 aromatic heterocycles. The maximum Gasteiger partial charge on any atom is 0.138 e. The van der Waals surface area contributed by atoms with Crippen LogP contribution in [0.3, 0.4) is 0 Å². The number of pyridine rings is 1. The number of phenols is 1. The van der Waals surface area contributed by atoms with Gasteiger partial charge in [0.05, 0.1) is 17.1 Å². The van der Waals surface area contributed by atoms with Crippen LogP contribution in [0.1, 0.15) is 24.0 Å². The number of hydrogen-bond donors (Lipinski definition) is 2. The monoisotopic (exact) mass is 458 g/mol. The van der Waals surface area contributed by atoms with E-state index in [1.54, 1.807) is 12.1 Å². The van der Waals surface area contributed by atoms with Crippen LogP contribution in [0.25, 0.3) is 33.2 Å². The average Bonchev–Trinajstić information content (AvgIpc) is 2.74. The summed E-state index contributed by atoms with van der Waals surface area (Å²) < 4.78 is 6.47. The largest absolute Gasteiger partial charge is 0.508 e. The quantitative estimate of drug-likeness (QED) is 0.338. The molecular weight excluding hydrogens is 432 g/mol. The van der Waals surface area contributed by atoms with E-state index in [9.17, 15) is 5.11 Å². The fourth-order valence-corrected chi connectivity index (χ4v) is 4.74. The van der Waals surface area contributed by atoms with E-state index in [1.165, 1.54) is 17.5 Å². The van der Waals surface area contributed by atoms with E-state index in [2.05, 4.69) is 37.4 Å². The molecule has 1 aliphatic heterocycles. The Labute approximate surface area is 199 Å². The van der Waals surface area contributed by atoms with E-state index in [4.69, 9.17) is 21.3 Å². The number of halogens is 1. The Morgan fingerprint density at radius 1 is 1.03 bits per heavy atom. The van der Waals surface area contributed by atoms with Gasteiger partial charge in [0, 0.05) is 28.8 Å². The minimum absolute atomic E-state index is 0.204. The Bertz CT molecular complexity index is 1310. The molecule has 1 aliphatic rings. The van der Waals surface area contributed by atoms with E-state index in [1.807, 2.05) is 30.5 Å². The van der Waals surface area contributed by atoms with Gasteiger partial charge in [-0.2, -0.15) is 0 Å². The number of fused-ring (bicyclic) bond motifs is 1. The van der Waals surface area contributed by atoms with Crippen molar-refractivity contribution in [2.45, 2.75) is 32.7 Å². The van der Waals surface area contributed by atoms with Gasteiger partial charge in [-0.1, -0.05) is 53.1 Å². The van der Waals surface area contributed by atoms with Crippen LogP contribution >= 0.6 is 11.6 Å². The molecule has 5 heteroatoms. The second-order valence-electron chi connectivity index (χ2n) is 8.85. The number of rotatable bonds is 6. The van der Waals surface area contributed by atoms with Gasteiger partial charge >= 0.3 is 0 Å². The molecule has 3 aromatic carbocycles. The van der Waals surface area contributed by atoms with Crippen molar-refractivity contribution in [1.82, 2.24) is 10.3 Å². The van der Waals surface area contributed by atoms with Crippen molar-refractivity contribution in [3.63, 3.8) is 0 Å². The third-order valence-corrected chi connectivity index (χ3v) is 6.55. The second-order valence-corrected chi connectivity index (χ2v) is 9.26. The van der Waals surface area contributed by atoms with Crippen molar-refractivity contribution in [2.75, 3.05) is 13.2 Å². The molecule has 5 rings (SSSR count). The molecule has 1 fully saturated rings. The summed E-state index contributed by atoms with van der Waals surface area (Å²) in [5, 5.41) is 14.9. The number of ether oxygens (including phenoxy) is 1. The Morgan fingerprint density at radius 3 is 2.52 bits per heavy atom. The number of aromatic nitrogens is 1. The van der Waals surface area contributed by atoms with Crippen molar-refractivity contribution in [3.05, 3.63) is 76.9 Å². The number of aryl methyl sites for hydroxylation is 2. The summed E-state index contributed by atoms with van der Waals surface area (Å²) in [5.74, 6) is 1.03. The van der Waals surface area contributed by atoms with Crippen LogP contribution in [0.4, 0.5) is 0 Å². The molecule has 0 aliphatic carbocycles. The zero-order valence-corrected chi connectivity index (χ0v) is 19.6. The SMILES string of the molecule is Cc1cc(C)cc(-c2cnc3cc(Cl)c(-c4cccc(O)c4)cc3c2OCCC2CCN2)c1. The van der Waals surface area contributed by atoms with Crippen LogP contribution in [0.15, 0.2) is 60.8 Å². The normalized spacial score (nSPS) is 15.4. The predicted octanol–water partition coefficient (Wildman–Crippen LogP) is 6.68. The van der Waals surface area contributed by atoms with E-state index in [0.717, 1.165) is 51.9 Å². The van der Waals surface area contributed by atoms with Gasteiger partial charge < -0.3 is 15.2 Å². The third-order valence-electron chi connectivity index (χ3n) is 6.24. The molecule has 168 valence electrons. The van der Waals surface area contributed by atoms with Crippen LogP contribution in [0, 0.1) is 13.8 Å². The summed E-state index contributed by atoms with van der Waals surface area (Å²) in [7, 11) is 0. The van der Waals surface area contributed by atoms with E-state index in [0.29, 0.717) is 17.7 Å². The van der Waals surface area contributed by atoms with Gasteiger partial charge in [-0.05, 0) is 68.6 Å². The molecular formula is C28H27ClN2O2. The Morgan fingerprint density at radius 2 is 1.82 bits per heavy atom. The topological polar surface area (TPSA) is 54.4 Å². The van der Waals surface area contributed by atoms with Gasteiger partial charge in [0.1, 0.15) is 11.5 Å². The van der Waals surface area contributed by atoms with Crippen molar-refractivity contribution in [2.24, 2.45) is 0 Å². The summed E-state index contributed by atoms with van der Waals surface area (Å²) >= 11 is 6.64. The van der Waals surface area contributed by atoms with Gasteiger partial charge in [-0.3, -0.25) is 4.98 Å². The molecule has 33 heavy (non-hydrogen) atoms. The molecule has 4 aromatic rings. The molecule has 1 saturated heterocycles. The summed E-state index contributed by atoms with van der Waals surface area (Å²) in [5.41, 5.74) is 6.94. The number of benzene rings is 3. The lowest BCUT2D eigenvalue weighted by molar-refractivity contribution is 0.255. The van der Waals surface area contributed by atoms with Crippen LogP contribution < -0.4 is 10.1 Å². The highest BCUT2D eigenvalue weighted by atomic mass is 35.5. The van der Waals surface area contributed by atoms with Crippen molar-refractivity contribution >= 4 is 22.5 Å². The highest BCUT2D eigenvalue weighted by Crippen LogP contribution is 2.41. The van der Waals surface area contributed by atoms with Crippen LogP contribution in [-0.4, -0.2) is 29.3 Å². The molecule has 0 spiro atoms. The Kier molecular flexibility index (Phi) is 5.96. The number of aromatic hydroxyl groups is 1. The van der Waals surface area contributed by atoms with Crippen LogP contribution in [0.5, 0.6) is 11.5 Å². The number of nitrogens with one attached hydrogen (secondary N) is 1. The lowest BCUT2D eigenvalue weighted by atomic mass is 9.97. The zero-order valence-electron chi connectivity index (χ0n) is 18.9. The highest BCUT2D eigenvalue weighted by molar-refractivity contribution is 6.34. The summed E-state index contributed by atoms with van der Waals surface area (Å²) in [6.07, 6.45) is 4.04. The number of phenolic OH excluding ortho intramolecular Hbond substituents is 1. The molecule has 0 saturated carbocycles. The lowest BCUT2D eigenvalue weighted by Gasteiger charge is -2.27. The average molecular weight is 459 g/mol. The molecule has 2 N–H and O–H groups in total. The minimum Gasteiger partial charge on any atom is -0.508 e. The molecule has 1 atom stereocenters. The van der Waals surface area contributed by atoms with Gasteiger partial charge in [0.25, 0.3) is 0 Å². The zero-order chi connectivity index (χ0) is 22.9. The van der Waals surface area contributed by atoms with Crippen LogP contribution in [0.2, 0.25) is 5.02 Å². The van der Waals surface area contributed by atoms with Crippen molar-refractivity contribution < 1.29 is 9.84 Å². The molecule has 2 heterocycles. The van der Waals surface area contributed by atoms with Gasteiger partial charge in [0.15, 0.2) is 0 Å². The molecule has 0 bridgehead atoms. The first-order valence-electron chi connectivity index (χ1n) is 11.3. The van der Waals surface area contributed by atoms with E-state index < -0.39 is 0 Å². The standard InChI is InChI=1S/C28H27ClN2O2/c1-17-10-18(2)12-20(11-17)25-16-31-27-15-26(29)23(19-4-3-5-22(32)13-19)14-24(27)28(25)33-9-7-21-6-8-30-21/h3-5,10-16,21,30,32H,6-9H2,1-2H3. The highest BCUT2D eigenvalue weighted by Gasteiger charge is 2.19. The third kappa shape index (κ3) is 4.54. The lowest BCUT2D eigenvalue weighted by Crippen LogP contribution is -2.43. The smallest absolute Gasteiger partial charge is 0.138 e. The first kappa shape index (κ1) is 21.7. The second kappa shape index (κ2) is 9.05. The van der Waals surface area contributed by atoms with Crippen molar-refractivity contribution in [3.8, 4) is 33.8 Å². The fraction of sp³-hybridized carbons (Fsp3) is 0.250. The predicted molar refractivity (Wildman–Crippen MR) is 135 cm³/mol. The van der Waals surface area contributed by atoms with E-state index in [-0.39, 0.29) is 5.75 Å². The first-order chi connectivity index (χ1) is 16.0. The van der Waals surface area contributed by atoms with Crippen LogP contribution in [-0.2, 0) is 0 Å². The van der Waals surface area contributed by atoms with Gasteiger partial charge in [0.2, 0.25) is 0 Å². The van der Waals surface area contributed by atoms with Gasteiger partial charge in [-0.25, -0.2) is 0 Å². The fourth-order valence-electron chi connectivity index (χ4n) is 4.47. The summed E-state index contributed by atoms with van der Waals surface area (Å²) in [6, 6.07) is 18.1. The number of nitrogens with zero attached hydrogens (tertiary/aromatic N) is 1. The first-order valence-corrected chi connectivity index (χ1v) is 11.7. The maximum absolute atomic E-state index is 9.99. The molecule has 4 nitrogen and oxygen atoms in total. The maximum atomic E-state index is 9.99. The Balaban J connectivity index is 1.66. The molecule has 0 amide bonds. The molecule has 0 radical (unpaired) electrons. The minimum atomic E-state index is 0.204. The van der Waals surface area contributed by atoms with Gasteiger partial charge in [-0.15, -0.1) is 0 Å². The van der Waals surface area contributed by atoms with Crippen molar-refractivity contribution in [1.29, 1.82) is 0 Å². The molecule has 1 unspecified atom stereocenters. The number of hydrogen-bond acceptors (Lipinski definition) is 4.